The van der Waals surface area contributed by atoms with Crippen molar-refractivity contribution in [1.29, 1.82) is 5.26 Å². The van der Waals surface area contributed by atoms with E-state index in [1.807, 2.05) is 19.9 Å². The Kier molecular flexibility index (Phi) is 5.75. The molecule has 2 rings (SSSR count). The van der Waals surface area contributed by atoms with Gasteiger partial charge >= 0.3 is 5.97 Å². The number of aromatic carboxylic acids is 1. The van der Waals surface area contributed by atoms with Crippen molar-refractivity contribution in [3.05, 3.63) is 53.3 Å². The van der Waals surface area contributed by atoms with Crippen molar-refractivity contribution in [2.24, 2.45) is 0 Å². The molecule has 0 aliphatic carbocycles. The topological polar surface area (TPSA) is 103 Å². The van der Waals surface area contributed by atoms with E-state index in [2.05, 4.69) is 5.32 Å². The van der Waals surface area contributed by atoms with Crippen LogP contribution in [0.5, 0.6) is 0 Å². The Hall–Kier alpha value is -3.33. The maximum Gasteiger partial charge on any atom is 0.335 e. The van der Waals surface area contributed by atoms with Crippen molar-refractivity contribution >= 4 is 18.0 Å². The van der Waals surface area contributed by atoms with E-state index in [0.29, 0.717) is 17.1 Å². The number of hydrogen-bond donors (Lipinski definition) is 2. The Labute approximate surface area is 145 Å². The molecule has 1 heterocycles. The molecule has 25 heavy (non-hydrogen) atoms. The molecule has 0 radical (unpaired) electrons. The Balaban J connectivity index is 2.20. The predicted molar refractivity (Wildman–Crippen MR) is 92.6 cm³/mol. The molecule has 0 aliphatic heterocycles. The Morgan fingerprint density at radius 2 is 1.96 bits per heavy atom. The van der Waals surface area contributed by atoms with Crippen LogP contribution in [0.1, 0.15) is 36.4 Å². The third-order valence-electron chi connectivity index (χ3n) is 3.68. The van der Waals surface area contributed by atoms with Crippen molar-refractivity contribution < 1.29 is 19.1 Å². The van der Waals surface area contributed by atoms with E-state index < -0.39 is 11.9 Å². The van der Waals surface area contributed by atoms with Crippen LogP contribution in [0.15, 0.2) is 46.4 Å². The smallest absolute Gasteiger partial charge is 0.335 e. The van der Waals surface area contributed by atoms with Gasteiger partial charge in [0.25, 0.3) is 5.91 Å². The largest absolute Gasteiger partial charge is 0.478 e. The molecule has 2 aromatic rings. The van der Waals surface area contributed by atoms with Crippen molar-refractivity contribution in [2.45, 2.75) is 26.3 Å². The number of nitrogens with zero attached hydrogens (tertiary/aromatic N) is 1. The highest BCUT2D eigenvalue weighted by molar-refractivity contribution is 6.01. The fourth-order valence-electron chi connectivity index (χ4n) is 2.06. The molecule has 0 unspecified atom stereocenters. The zero-order valence-electron chi connectivity index (χ0n) is 13.9. The summed E-state index contributed by atoms with van der Waals surface area (Å²) in [4.78, 5) is 22.9. The monoisotopic (exact) mass is 338 g/mol. The van der Waals surface area contributed by atoms with Crippen LogP contribution in [0, 0.1) is 11.3 Å². The standard InChI is InChI=1S/C19H18N2O4/c1-3-12(2)21-18(22)15(11-20)10-16-8-9-17(25-16)13-4-6-14(7-5-13)19(23)24/h4-10,12H,3H2,1-2H3,(H,21,22)(H,23,24)/b15-10+/t12-/m0/s1. The van der Waals surface area contributed by atoms with E-state index >= 15 is 0 Å². The number of carbonyl (C=O) groups excluding carboxylic acids is 1. The molecule has 0 aliphatic rings. The summed E-state index contributed by atoms with van der Waals surface area (Å²) in [6.45, 7) is 3.80. The number of carbonyl (C=O) groups is 2. The van der Waals surface area contributed by atoms with Crippen LogP contribution in [-0.2, 0) is 4.79 Å². The number of carboxylic acid groups (broad SMARTS) is 1. The van der Waals surface area contributed by atoms with Crippen molar-refractivity contribution in [1.82, 2.24) is 5.32 Å². The molecular formula is C19H18N2O4. The summed E-state index contributed by atoms with van der Waals surface area (Å²) < 4.78 is 5.63. The van der Waals surface area contributed by atoms with Gasteiger partial charge < -0.3 is 14.8 Å². The first kappa shape index (κ1) is 18.0. The number of furan rings is 1. The third kappa shape index (κ3) is 4.58. The number of carboxylic acids is 1. The average molecular weight is 338 g/mol. The maximum atomic E-state index is 12.0. The Bertz CT molecular complexity index is 841. The van der Waals surface area contributed by atoms with E-state index in [9.17, 15) is 14.9 Å². The lowest BCUT2D eigenvalue weighted by Crippen LogP contribution is -2.32. The van der Waals surface area contributed by atoms with Gasteiger partial charge in [-0.1, -0.05) is 19.1 Å². The molecule has 6 nitrogen and oxygen atoms in total. The molecule has 0 saturated heterocycles. The molecule has 1 aromatic carbocycles. The first-order chi connectivity index (χ1) is 11.9. The van der Waals surface area contributed by atoms with E-state index in [-0.39, 0.29) is 17.2 Å². The predicted octanol–water partition coefficient (Wildman–Crippen LogP) is 3.47. The van der Waals surface area contributed by atoms with E-state index in [1.54, 1.807) is 24.3 Å². The van der Waals surface area contributed by atoms with Gasteiger partial charge in [0, 0.05) is 17.7 Å². The second kappa shape index (κ2) is 7.97. The molecule has 1 atom stereocenters. The van der Waals surface area contributed by atoms with Gasteiger partial charge in [0.2, 0.25) is 0 Å². The number of nitriles is 1. The second-order valence-electron chi connectivity index (χ2n) is 5.54. The summed E-state index contributed by atoms with van der Waals surface area (Å²) in [5.74, 6) is -0.558. The highest BCUT2D eigenvalue weighted by atomic mass is 16.4. The zero-order chi connectivity index (χ0) is 18.4. The molecule has 2 N–H and O–H groups in total. The van der Waals surface area contributed by atoms with E-state index in [4.69, 9.17) is 9.52 Å². The summed E-state index contributed by atoms with van der Waals surface area (Å²) in [5, 5.41) is 20.8. The van der Waals surface area contributed by atoms with Gasteiger partial charge in [0.05, 0.1) is 5.56 Å². The summed E-state index contributed by atoms with van der Waals surface area (Å²) in [5.41, 5.74) is 0.846. The number of rotatable bonds is 6. The Morgan fingerprint density at radius 1 is 1.28 bits per heavy atom. The minimum absolute atomic E-state index is 0.0239. The first-order valence-corrected chi connectivity index (χ1v) is 7.80. The van der Waals surface area contributed by atoms with Crippen LogP contribution in [0.4, 0.5) is 0 Å². The summed E-state index contributed by atoms with van der Waals surface area (Å²) >= 11 is 0. The fraction of sp³-hybridized carbons (Fsp3) is 0.211. The van der Waals surface area contributed by atoms with Crippen molar-refractivity contribution in [3.63, 3.8) is 0 Å². The van der Waals surface area contributed by atoms with Crippen LogP contribution in [-0.4, -0.2) is 23.0 Å². The minimum atomic E-state index is -0.999. The highest BCUT2D eigenvalue weighted by Gasteiger charge is 2.13. The number of amides is 1. The van der Waals surface area contributed by atoms with Crippen LogP contribution < -0.4 is 5.32 Å². The van der Waals surface area contributed by atoms with Gasteiger partial charge in [0.1, 0.15) is 23.2 Å². The molecule has 1 aromatic heterocycles. The van der Waals surface area contributed by atoms with Gasteiger partial charge in [-0.3, -0.25) is 4.79 Å². The van der Waals surface area contributed by atoms with Crippen LogP contribution >= 0.6 is 0 Å². The quantitative estimate of drug-likeness (QED) is 0.620. The van der Waals surface area contributed by atoms with Gasteiger partial charge in [-0.25, -0.2) is 4.79 Å². The Morgan fingerprint density at radius 3 is 2.52 bits per heavy atom. The van der Waals surface area contributed by atoms with Crippen LogP contribution in [0.2, 0.25) is 0 Å². The van der Waals surface area contributed by atoms with Crippen LogP contribution in [0.3, 0.4) is 0 Å². The molecule has 1 amide bonds. The molecule has 0 fully saturated rings. The fourth-order valence-corrected chi connectivity index (χ4v) is 2.06. The first-order valence-electron chi connectivity index (χ1n) is 7.80. The molecule has 0 spiro atoms. The summed E-state index contributed by atoms with van der Waals surface area (Å²) in [6, 6.07) is 11.4. The van der Waals surface area contributed by atoms with Gasteiger partial charge in [-0.2, -0.15) is 5.26 Å². The summed E-state index contributed by atoms with van der Waals surface area (Å²) in [6.07, 6.45) is 2.15. The number of nitrogens with one attached hydrogen (secondary N) is 1. The van der Waals surface area contributed by atoms with Gasteiger partial charge in [0.15, 0.2) is 0 Å². The number of hydrogen-bond acceptors (Lipinski definition) is 4. The SMILES string of the molecule is CC[C@H](C)NC(=O)/C(C#N)=C/c1ccc(-c2ccc(C(=O)O)cc2)o1. The lowest BCUT2D eigenvalue weighted by Gasteiger charge is -2.09. The van der Waals surface area contributed by atoms with Gasteiger partial charge in [-0.05, 0) is 37.6 Å². The zero-order valence-corrected chi connectivity index (χ0v) is 13.9. The summed E-state index contributed by atoms with van der Waals surface area (Å²) in [7, 11) is 0. The van der Waals surface area contributed by atoms with Crippen molar-refractivity contribution in [3.8, 4) is 17.4 Å². The highest BCUT2D eigenvalue weighted by Crippen LogP contribution is 2.24. The average Bonchev–Trinajstić information content (AvgIpc) is 3.08. The molecule has 128 valence electrons. The minimum Gasteiger partial charge on any atom is -0.478 e. The molecule has 6 heteroatoms. The number of benzene rings is 1. The normalized spacial score (nSPS) is 12.3. The maximum absolute atomic E-state index is 12.0. The lowest BCUT2D eigenvalue weighted by molar-refractivity contribution is -0.117. The van der Waals surface area contributed by atoms with E-state index in [1.165, 1.54) is 18.2 Å². The molecule has 0 saturated carbocycles. The molecular weight excluding hydrogens is 320 g/mol. The lowest BCUT2D eigenvalue weighted by atomic mass is 10.1. The van der Waals surface area contributed by atoms with Crippen LogP contribution in [0.25, 0.3) is 17.4 Å². The molecule has 0 bridgehead atoms. The van der Waals surface area contributed by atoms with E-state index in [0.717, 1.165) is 6.42 Å². The third-order valence-corrected chi connectivity index (χ3v) is 3.68. The van der Waals surface area contributed by atoms with Gasteiger partial charge in [-0.15, -0.1) is 0 Å². The van der Waals surface area contributed by atoms with Crippen molar-refractivity contribution in [2.75, 3.05) is 0 Å². The second-order valence-corrected chi connectivity index (χ2v) is 5.54.